The number of nitrogens with zero attached hydrogens (tertiary/aromatic N) is 1. The molecule has 0 radical (unpaired) electrons. The minimum absolute atomic E-state index is 0.0442. The van der Waals surface area contributed by atoms with Crippen LogP contribution in [0.25, 0.3) is 0 Å². The van der Waals surface area contributed by atoms with Crippen LogP contribution in [0.3, 0.4) is 0 Å². The largest absolute Gasteiger partial charge is 0.481 e. The van der Waals surface area contributed by atoms with Gasteiger partial charge in [0.1, 0.15) is 11.5 Å². The maximum atomic E-state index is 13.7. The van der Waals surface area contributed by atoms with Crippen LogP contribution in [0.15, 0.2) is 12.1 Å². The molecule has 0 aliphatic heterocycles. The van der Waals surface area contributed by atoms with Crippen LogP contribution in [0, 0.1) is 24.9 Å². The first-order chi connectivity index (χ1) is 9.40. The highest BCUT2D eigenvalue weighted by atomic mass is 127. The van der Waals surface area contributed by atoms with Gasteiger partial charge in [0.05, 0.1) is 13.9 Å². The molecule has 6 nitrogen and oxygen atoms in total. The van der Waals surface area contributed by atoms with E-state index in [1.807, 2.05) is 0 Å². The van der Waals surface area contributed by atoms with Gasteiger partial charge in [-0.05, 0) is 50.3 Å². The maximum absolute atomic E-state index is 13.7. The number of nitro groups is 1. The molecule has 0 saturated heterocycles. The zero-order chi connectivity index (χ0) is 16.6. The smallest absolute Gasteiger partial charge is 0.311 e. The van der Waals surface area contributed by atoms with E-state index in [4.69, 9.17) is 0 Å². The molecule has 116 valence electrons. The Kier molecular flexibility index (Phi) is 4.81. The molecule has 0 heterocycles. The van der Waals surface area contributed by atoms with E-state index < -0.39 is 27.7 Å². The molecule has 2 N–H and O–H groups in total. The lowest BCUT2D eigenvalue weighted by molar-refractivity contribution is -0.384. The number of hydrogen-bond donors (Lipinski definition) is 2. The fourth-order valence-corrected chi connectivity index (χ4v) is 2.00. The molecule has 21 heavy (non-hydrogen) atoms. The summed E-state index contributed by atoms with van der Waals surface area (Å²) >= 11 is 1.66. The van der Waals surface area contributed by atoms with Crippen molar-refractivity contribution in [2.45, 2.75) is 33.2 Å². The van der Waals surface area contributed by atoms with E-state index in [-0.39, 0.29) is 14.9 Å². The normalized spacial score (nSPS) is 12.1. The number of aliphatic carboxylic acids is 1. The highest BCUT2D eigenvalue weighted by molar-refractivity contribution is 14.1. The van der Waals surface area contributed by atoms with Crippen LogP contribution in [0.5, 0.6) is 0 Å². The molecule has 0 saturated carbocycles. The van der Waals surface area contributed by atoms with E-state index in [9.17, 15) is 24.4 Å². The Morgan fingerprint density at radius 1 is 1.38 bits per heavy atom. The third-order valence-electron chi connectivity index (χ3n) is 3.78. The van der Waals surface area contributed by atoms with Crippen LogP contribution in [0.4, 0.5) is 15.8 Å². The SMILES string of the molecule is CC(C)(Nc1cc(F)c(I)cc1[N+](=O)[O-])C(C)(C)C(=O)O. The molecular weight excluding hydrogens is 394 g/mol. The molecule has 0 amide bonds. The van der Waals surface area contributed by atoms with Crippen molar-refractivity contribution in [3.63, 3.8) is 0 Å². The van der Waals surface area contributed by atoms with Gasteiger partial charge >= 0.3 is 5.97 Å². The standard InChI is InChI=1S/C13H16FIN2O4/c1-12(2,11(18)19)13(3,4)16-9-5-7(14)8(15)6-10(9)17(20)21/h5-6,16H,1-4H3,(H,18,19). The number of benzene rings is 1. The van der Waals surface area contributed by atoms with Gasteiger partial charge in [-0.1, -0.05) is 0 Å². The summed E-state index contributed by atoms with van der Waals surface area (Å²) in [6, 6.07) is 2.13. The van der Waals surface area contributed by atoms with Crippen LogP contribution in [0.2, 0.25) is 0 Å². The molecule has 1 aromatic carbocycles. The average molecular weight is 410 g/mol. The second kappa shape index (κ2) is 5.74. The number of rotatable bonds is 5. The quantitative estimate of drug-likeness (QED) is 0.439. The van der Waals surface area contributed by atoms with Crippen molar-refractivity contribution in [3.05, 3.63) is 31.6 Å². The summed E-state index contributed by atoms with van der Waals surface area (Å²) in [6.45, 7) is 6.19. The van der Waals surface area contributed by atoms with Crippen LogP contribution >= 0.6 is 22.6 Å². The first kappa shape index (κ1) is 17.6. The molecule has 1 aromatic rings. The Bertz CT molecular complexity index is 602. The highest BCUT2D eigenvalue weighted by Crippen LogP contribution is 2.37. The Balaban J connectivity index is 3.33. The monoisotopic (exact) mass is 410 g/mol. The maximum Gasteiger partial charge on any atom is 0.311 e. The van der Waals surface area contributed by atoms with Crippen LogP contribution in [-0.2, 0) is 4.79 Å². The van der Waals surface area contributed by atoms with Crippen molar-refractivity contribution in [1.82, 2.24) is 0 Å². The second-order valence-electron chi connectivity index (χ2n) is 5.72. The molecule has 0 spiro atoms. The molecular formula is C13H16FIN2O4. The van der Waals surface area contributed by atoms with Gasteiger partial charge in [0, 0.05) is 17.7 Å². The van der Waals surface area contributed by atoms with Gasteiger partial charge in [-0.3, -0.25) is 14.9 Å². The minimum Gasteiger partial charge on any atom is -0.481 e. The number of hydrogen-bond acceptors (Lipinski definition) is 4. The summed E-state index contributed by atoms with van der Waals surface area (Å²) < 4.78 is 13.8. The number of carboxylic acids is 1. The van der Waals surface area contributed by atoms with Gasteiger partial charge in [-0.25, -0.2) is 4.39 Å². The fraction of sp³-hybridized carbons (Fsp3) is 0.462. The number of nitrogens with one attached hydrogen (secondary N) is 1. The fourth-order valence-electron chi connectivity index (χ4n) is 1.55. The summed E-state index contributed by atoms with van der Waals surface area (Å²) in [4.78, 5) is 21.8. The minimum atomic E-state index is -1.22. The molecule has 0 aliphatic carbocycles. The van der Waals surface area contributed by atoms with Crippen LogP contribution in [-0.4, -0.2) is 21.5 Å². The first-order valence-corrected chi connectivity index (χ1v) is 7.13. The van der Waals surface area contributed by atoms with Crippen molar-refractivity contribution in [2.75, 3.05) is 5.32 Å². The van der Waals surface area contributed by atoms with E-state index in [0.29, 0.717) is 0 Å². The van der Waals surface area contributed by atoms with Crippen LogP contribution in [0.1, 0.15) is 27.7 Å². The van der Waals surface area contributed by atoms with Gasteiger partial charge in [-0.2, -0.15) is 0 Å². The summed E-state index contributed by atoms with van der Waals surface area (Å²) in [5.74, 6) is -1.67. The Hall–Kier alpha value is -1.45. The second-order valence-corrected chi connectivity index (χ2v) is 6.88. The molecule has 0 unspecified atom stereocenters. The molecule has 0 bridgehead atoms. The number of carbonyl (C=O) groups is 1. The van der Waals surface area contributed by atoms with E-state index >= 15 is 0 Å². The lowest BCUT2D eigenvalue weighted by Crippen LogP contribution is -2.50. The van der Waals surface area contributed by atoms with Crippen molar-refractivity contribution < 1.29 is 19.2 Å². The zero-order valence-electron chi connectivity index (χ0n) is 12.0. The Labute approximate surface area is 135 Å². The number of carboxylic acid groups (broad SMARTS) is 1. The third kappa shape index (κ3) is 3.42. The van der Waals surface area contributed by atoms with Crippen molar-refractivity contribution in [1.29, 1.82) is 0 Å². The lowest BCUT2D eigenvalue weighted by Gasteiger charge is -2.39. The Morgan fingerprint density at radius 3 is 2.33 bits per heavy atom. The number of halogens is 2. The van der Waals surface area contributed by atoms with E-state index in [1.54, 1.807) is 36.4 Å². The predicted molar refractivity (Wildman–Crippen MR) is 84.9 cm³/mol. The van der Waals surface area contributed by atoms with Gasteiger partial charge in [0.2, 0.25) is 0 Å². The average Bonchev–Trinajstić information content (AvgIpc) is 2.32. The lowest BCUT2D eigenvalue weighted by atomic mass is 9.74. The van der Waals surface area contributed by atoms with Crippen molar-refractivity contribution in [3.8, 4) is 0 Å². The summed E-state index contributed by atoms with van der Waals surface area (Å²) in [5, 5.41) is 23.2. The number of anilines is 1. The topological polar surface area (TPSA) is 92.5 Å². The van der Waals surface area contributed by atoms with Gasteiger partial charge in [-0.15, -0.1) is 0 Å². The van der Waals surface area contributed by atoms with E-state index in [2.05, 4.69) is 5.32 Å². The first-order valence-electron chi connectivity index (χ1n) is 6.05. The molecule has 0 fully saturated rings. The predicted octanol–water partition coefficient (Wildman–Crippen LogP) is 3.64. The summed E-state index contributed by atoms with van der Waals surface area (Å²) in [5.41, 5.74) is -2.60. The molecule has 0 aromatic heterocycles. The van der Waals surface area contributed by atoms with Gasteiger partial charge < -0.3 is 10.4 Å². The number of nitro benzene ring substituents is 1. The van der Waals surface area contributed by atoms with Crippen molar-refractivity contribution in [2.24, 2.45) is 5.41 Å². The van der Waals surface area contributed by atoms with Gasteiger partial charge in [0.15, 0.2) is 0 Å². The molecule has 1 rings (SSSR count). The van der Waals surface area contributed by atoms with E-state index in [0.717, 1.165) is 12.1 Å². The van der Waals surface area contributed by atoms with E-state index in [1.165, 1.54) is 13.8 Å². The van der Waals surface area contributed by atoms with Gasteiger partial charge in [0.25, 0.3) is 5.69 Å². The molecule has 0 aliphatic rings. The van der Waals surface area contributed by atoms with Crippen LogP contribution < -0.4 is 5.32 Å². The molecule has 0 atom stereocenters. The highest BCUT2D eigenvalue weighted by Gasteiger charge is 2.44. The van der Waals surface area contributed by atoms with Crippen molar-refractivity contribution >= 4 is 39.9 Å². The Morgan fingerprint density at radius 2 is 1.90 bits per heavy atom. The summed E-state index contributed by atoms with van der Waals surface area (Å²) in [7, 11) is 0. The summed E-state index contributed by atoms with van der Waals surface area (Å²) in [6.07, 6.45) is 0. The third-order valence-corrected chi connectivity index (χ3v) is 4.61. The molecule has 8 heteroatoms. The zero-order valence-corrected chi connectivity index (χ0v) is 14.2.